The van der Waals surface area contributed by atoms with Crippen LogP contribution in [0, 0.1) is 21.8 Å². The quantitative estimate of drug-likeness (QED) is 0.671. The van der Waals surface area contributed by atoms with Gasteiger partial charge < -0.3 is 10.0 Å². The van der Waals surface area contributed by atoms with Crippen molar-refractivity contribution >= 4 is 27.3 Å². The van der Waals surface area contributed by atoms with E-state index in [-0.39, 0.29) is 16.8 Å². The summed E-state index contributed by atoms with van der Waals surface area (Å²) in [4.78, 5) is 12.4. The Hall–Kier alpha value is -1.21. The fourth-order valence-electron chi connectivity index (χ4n) is 2.63. The van der Waals surface area contributed by atoms with Gasteiger partial charge in [-0.3, -0.25) is 10.1 Å². The molecule has 1 N–H and O–H groups in total. The third kappa shape index (κ3) is 3.27. The Morgan fingerprint density at radius 1 is 1.55 bits per heavy atom. The number of halogens is 2. The van der Waals surface area contributed by atoms with Crippen molar-refractivity contribution in [3.8, 4) is 0 Å². The lowest BCUT2D eigenvalue weighted by atomic mass is 9.94. The van der Waals surface area contributed by atoms with Gasteiger partial charge in [-0.15, -0.1) is 0 Å². The summed E-state index contributed by atoms with van der Waals surface area (Å²) in [6.45, 7) is 1.48. The third-order valence-electron chi connectivity index (χ3n) is 3.61. The SMILES string of the molecule is O=[N+]([O-])c1cc(F)c(Br)cc1N1CCCC(CCO)C1. The molecule has 0 spiro atoms. The molecule has 0 saturated carbocycles. The number of nitro benzene ring substituents is 1. The van der Waals surface area contributed by atoms with E-state index in [1.165, 1.54) is 6.07 Å². The van der Waals surface area contributed by atoms with Crippen LogP contribution >= 0.6 is 15.9 Å². The highest BCUT2D eigenvalue weighted by molar-refractivity contribution is 9.10. The minimum atomic E-state index is -0.635. The second-order valence-corrected chi connectivity index (χ2v) is 5.83. The average molecular weight is 347 g/mol. The molecule has 20 heavy (non-hydrogen) atoms. The molecule has 1 heterocycles. The van der Waals surface area contributed by atoms with E-state index in [1.807, 2.05) is 4.90 Å². The van der Waals surface area contributed by atoms with E-state index in [2.05, 4.69) is 15.9 Å². The van der Waals surface area contributed by atoms with Gasteiger partial charge in [0.2, 0.25) is 0 Å². The first-order chi connectivity index (χ1) is 9.52. The van der Waals surface area contributed by atoms with Gasteiger partial charge in [0.15, 0.2) is 0 Å². The largest absolute Gasteiger partial charge is 0.396 e. The number of nitro groups is 1. The van der Waals surface area contributed by atoms with Crippen LogP contribution in [0.2, 0.25) is 0 Å². The number of rotatable bonds is 4. The third-order valence-corrected chi connectivity index (χ3v) is 4.22. The van der Waals surface area contributed by atoms with Crippen LogP contribution in [0.5, 0.6) is 0 Å². The van der Waals surface area contributed by atoms with Gasteiger partial charge >= 0.3 is 0 Å². The molecular weight excluding hydrogens is 331 g/mol. The number of piperidine rings is 1. The molecule has 1 saturated heterocycles. The maximum atomic E-state index is 13.5. The molecule has 1 fully saturated rings. The number of benzene rings is 1. The van der Waals surface area contributed by atoms with E-state index >= 15 is 0 Å². The molecule has 1 atom stereocenters. The molecule has 5 nitrogen and oxygen atoms in total. The number of aliphatic hydroxyl groups is 1. The highest BCUT2D eigenvalue weighted by Crippen LogP contribution is 2.35. The normalized spacial score (nSPS) is 19.1. The minimum absolute atomic E-state index is 0.119. The smallest absolute Gasteiger partial charge is 0.295 e. The number of hydrogen-bond acceptors (Lipinski definition) is 4. The number of aliphatic hydroxyl groups excluding tert-OH is 1. The second-order valence-electron chi connectivity index (χ2n) is 4.98. The van der Waals surface area contributed by atoms with E-state index in [1.54, 1.807) is 0 Å². The Morgan fingerprint density at radius 2 is 2.30 bits per heavy atom. The van der Waals surface area contributed by atoms with Crippen molar-refractivity contribution in [2.24, 2.45) is 5.92 Å². The molecule has 0 aliphatic carbocycles. The molecule has 110 valence electrons. The van der Waals surface area contributed by atoms with Crippen molar-refractivity contribution < 1.29 is 14.4 Å². The summed E-state index contributed by atoms with van der Waals surface area (Å²) >= 11 is 3.08. The van der Waals surface area contributed by atoms with Crippen molar-refractivity contribution in [1.29, 1.82) is 0 Å². The Morgan fingerprint density at radius 3 is 2.95 bits per heavy atom. The Labute approximate surface area is 124 Å². The maximum absolute atomic E-state index is 13.5. The average Bonchev–Trinajstić information content (AvgIpc) is 2.42. The topological polar surface area (TPSA) is 66.6 Å². The fourth-order valence-corrected chi connectivity index (χ4v) is 2.96. The van der Waals surface area contributed by atoms with Gasteiger partial charge in [-0.25, -0.2) is 4.39 Å². The molecule has 1 aromatic rings. The first-order valence-electron chi connectivity index (χ1n) is 6.52. The van der Waals surface area contributed by atoms with Gasteiger partial charge in [0.1, 0.15) is 11.5 Å². The molecule has 7 heteroatoms. The zero-order valence-electron chi connectivity index (χ0n) is 10.9. The van der Waals surface area contributed by atoms with E-state index in [4.69, 9.17) is 5.11 Å². The van der Waals surface area contributed by atoms with Gasteiger partial charge in [0, 0.05) is 19.7 Å². The van der Waals surface area contributed by atoms with Crippen LogP contribution in [0.25, 0.3) is 0 Å². The van der Waals surface area contributed by atoms with Crippen molar-refractivity contribution in [2.75, 3.05) is 24.6 Å². The lowest BCUT2D eigenvalue weighted by Crippen LogP contribution is -2.36. The predicted octanol–water partition coefficient (Wildman–Crippen LogP) is 3.10. The number of nitrogens with zero attached hydrogens (tertiary/aromatic N) is 2. The molecule has 2 rings (SSSR count). The summed E-state index contributed by atoms with van der Waals surface area (Å²) in [6.07, 6.45) is 2.61. The van der Waals surface area contributed by atoms with Gasteiger partial charge in [-0.1, -0.05) is 0 Å². The van der Waals surface area contributed by atoms with E-state index in [0.29, 0.717) is 31.1 Å². The highest BCUT2D eigenvalue weighted by atomic mass is 79.9. The summed E-state index contributed by atoms with van der Waals surface area (Å²) in [6, 6.07) is 2.42. The second kappa shape index (κ2) is 6.49. The van der Waals surface area contributed by atoms with Crippen LogP contribution < -0.4 is 4.90 Å². The number of anilines is 1. The fraction of sp³-hybridized carbons (Fsp3) is 0.538. The molecule has 1 unspecified atom stereocenters. The van der Waals surface area contributed by atoms with Gasteiger partial charge in [0.25, 0.3) is 5.69 Å². The first kappa shape index (κ1) is 15.2. The molecule has 1 aromatic carbocycles. The molecule has 1 aliphatic rings. The Kier molecular flexibility index (Phi) is 4.93. The molecule has 0 bridgehead atoms. The van der Waals surface area contributed by atoms with Crippen molar-refractivity contribution in [3.05, 3.63) is 32.5 Å². The summed E-state index contributed by atoms with van der Waals surface area (Å²) in [5.41, 5.74) is 0.223. The van der Waals surface area contributed by atoms with Gasteiger partial charge in [-0.2, -0.15) is 0 Å². The highest BCUT2D eigenvalue weighted by Gasteiger charge is 2.26. The minimum Gasteiger partial charge on any atom is -0.396 e. The van der Waals surface area contributed by atoms with E-state index in [9.17, 15) is 14.5 Å². The van der Waals surface area contributed by atoms with Crippen molar-refractivity contribution in [2.45, 2.75) is 19.3 Å². The van der Waals surface area contributed by atoms with E-state index in [0.717, 1.165) is 18.9 Å². The van der Waals surface area contributed by atoms with Crippen molar-refractivity contribution in [3.63, 3.8) is 0 Å². The maximum Gasteiger partial charge on any atom is 0.295 e. The van der Waals surface area contributed by atoms with Crippen LogP contribution in [0.15, 0.2) is 16.6 Å². The molecule has 0 amide bonds. The molecule has 0 aromatic heterocycles. The monoisotopic (exact) mass is 346 g/mol. The standard InChI is InChI=1S/C13H16BrFN2O3/c14-10-6-12(13(17(19)20)7-11(10)15)16-4-1-2-9(8-16)3-5-18/h6-7,9,18H,1-5,8H2. The summed E-state index contributed by atoms with van der Waals surface area (Å²) < 4.78 is 13.7. The summed E-state index contributed by atoms with van der Waals surface area (Å²) in [7, 11) is 0. The van der Waals surface area contributed by atoms with Crippen LogP contribution in [-0.2, 0) is 0 Å². The van der Waals surface area contributed by atoms with Gasteiger partial charge in [0.05, 0.1) is 15.5 Å². The molecule has 0 radical (unpaired) electrons. The van der Waals surface area contributed by atoms with Gasteiger partial charge in [-0.05, 0) is 47.2 Å². The Bertz CT molecular complexity index is 511. The lowest BCUT2D eigenvalue weighted by molar-refractivity contribution is -0.384. The van der Waals surface area contributed by atoms with Crippen LogP contribution in [0.3, 0.4) is 0 Å². The Balaban J connectivity index is 2.31. The lowest BCUT2D eigenvalue weighted by Gasteiger charge is -2.34. The first-order valence-corrected chi connectivity index (χ1v) is 7.31. The molecular formula is C13H16BrFN2O3. The molecule has 1 aliphatic heterocycles. The summed E-state index contributed by atoms with van der Waals surface area (Å²) in [5.74, 6) is -0.318. The zero-order valence-corrected chi connectivity index (χ0v) is 12.5. The van der Waals surface area contributed by atoms with Crippen LogP contribution in [0.1, 0.15) is 19.3 Å². The zero-order chi connectivity index (χ0) is 14.7. The summed E-state index contributed by atoms with van der Waals surface area (Å²) in [5, 5.41) is 20.1. The number of hydrogen-bond donors (Lipinski definition) is 1. The van der Waals surface area contributed by atoms with Crippen LogP contribution in [-0.4, -0.2) is 29.7 Å². The van der Waals surface area contributed by atoms with Crippen molar-refractivity contribution in [1.82, 2.24) is 0 Å². The van der Waals surface area contributed by atoms with Crippen LogP contribution in [0.4, 0.5) is 15.8 Å². The predicted molar refractivity (Wildman–Crippen MR) is 77.4 cm³/mol. The van der Waals surface area contributed by atoms with E-state index < -0.39 is 10.7 Å².